The molecule has 100 valence electrons. The van der Waals surface area contributed by atoms with E-state index in [1.54, 1.807) is 6.07 Å². The fourth-order valence-electron chi connectivity index (χ4n) is 1.95. The van der Waals surface area contributed by atoms with Crippen LogP contribution in [0, 0.1) is 5.82 Å². The molecule has 0 unspecified atom stereocenters. The Balaban J connectivity index is 2.21. The van der Waals surface area contributed by atoms with E-state index < -0.39 is 0 Å². The molecule has 0 aromatic heterocycles. The second kappa shape index (κ2) is 6.83. The van der Waals surface area contributed by atoms with Crippen LogP contribution in [0.1, 0.15) is 18.9 Å². The predicted octanol–water partition coefficient (Wildman–Crippen LogP) is 4.75. The Bertz CT molecular complexity index is 554. The van der Waals surface area contributed by atoms with Crippen molar-refractivity contribution in [2.75, 3.05) is 6.54 Å². The van der Waals surface area contributed by atoms with E-state index in [2.05, 4.69) is 28.2 Å². The molecule has 2 aromatic rings. The Morgan fingerprint density at radius 3 is 2.63 bits per heavy atom. The minimum atomic E-state index is -0.156. The highest BCUT2D eigenvalue weighted by Gasteiger charge is 2.07. The largest absolute Gasteiger partial charge is 0.313 e. The number of hydrogen-bond donors (Lipinski definition) is 1. The Labute approximate surface area is 122 Å². The minimum absolute atomic E-state index is 0.156. The van der Waals surface area contributed by atoms with Gasteiger partial charge in [-0.05, 0) is 36.2 Å². The van der Waals surface area contributed by atoms with Gasteiger partial charge in [-0.2, -0.15) is 0 Å². The smallest absolute Gasteiger partial charge is 0.128 e. The van der Waals surface area contributed by atoms with Crippen LogP contribution in [0.2, 0.25) is 0 Å². The van der Waals surface area contributed by atoms with Crippen LogP contribution < -0.4 is 5.32 Å². The monoisotopic (exact) mass is 321 g/mol. The average Bonchev–Trinajstić information content (AvgIpc) is 2.41. The number of benzene rings is 2. The maximum Gasteiger partial charge on any atom is 0.128 e. The predicted molar refractivity (Wildman–Crippen MR) is 81.5 cm³/mol. The SMILES string of the molecule is CCCNCc1ccc(-c2ccccc2Br)cc1F. The van der Waals surface area contributed by atoms with E-state index in [-0.39, 0.29) is 5.82 Å². The van der Waals surface area contributed by atoms with Crippen molar-refractivity contribution in [3.63, 3.8) is 0 Å². The first-order valence-electron chi connectivity index (χ1n) is 6.46. The Morgan fingerprint density at radius 2 is 1.95 bits per heavy atom. The molecule has 0 aliphatic heterocycles. The summed E-state index contributed by atoms with van der Waals surface area (Å²) in [6, 6.07) is 13.3. The maximum absolute atomic E-state index is 14.0. The van der Waals surface area contributed by atoms with Crippen molar-refractivity contribution in [1.29, 1.82) is 0 Å². The second-order valence-electron chi connectivity index (χ2n) is 4.46. The van der Waals surface area contributed by atoms with Gasteiger partial charge in [0.25, 0.3) is 0 Å². The Hall–Kier alpha value is -1.19. The molecule has 2 rings (SSSR count). The molecular weight excluding hydrogens is 305 g/mol. The first-order chi connectivity index (χ1) is 9.22. The van der Waals surface area contributed by atoms with Crippen LogP contribution in [-0.4, -0.2) is 6.54 Å². The van der Waals surface area contributed by atoms with Gasteiger partial charge < -0.3 is 5.32 Å². The maximum atomic E-state index is 14.0. The number of rotatable bonds is 5. The average molecular weight is 322 g/mol. The summed E-state index contributed by atoms with van der Waals surface area (Å²) in [5.41, 5.74) is 2.61. The lowest BCUT2D eigenvalue weighted by Gasteiger charge is -2.08. The lowest BCUT2D eigenvalue weighted by atomic mass is 10.0. The summed E-state index contributed by atoms with van der Waals surface area (Å²) in [5, 5.41) is 3.21. The third kappa shape index (κ3) is 3.64. The zero-order valence-corrected chi connectivity index (χ0v) is 12.5. The van der Waals surface area contributed by atoms with E-state index in [1.165, 1.54) is 0 Å². The van der Waals surface area contributed by atoms with E-state index in [0.717, 1.165) is 28.6 Å². The Morgan fingerprint density at radius 1 is 1.16 bits per heavy atom. The molecule has 0 saturated carbocycles. The second-order valence-corrected chi connectivity index (χ2v) is 5.32. The van der Waals surface area contributed by atoms with Gasteiger partial charge in [0.2, 0.25) is 0 Å². The van der Waals surface area contributed by atoms with Crippen LogP contribution in [0.5, 0.6) is 0 Å². The molecule has 0 radical (unpaired) electrons. The topological polar surface area (TPSA) is 12.0 Å². The van der Waals surface area contributed by atoms with Gasteiger partial charge in [-0.3, -0.25) is 0 Å². The molecule has 0 aliphatic carbocycles. The summed E-state index contributed by atoms with van der Waals surface area (Å²) in [7, 11) is 0. The summed E-state index contributed by atoms with van der Waals surface area (Å²) in [6.45, 7) is 3.58. The van der Waals surface area contributed by atoms with Crippen molar-refractivity contribution < 1.29 is 4.39 Å². The van der Waals surface area contributed by atoms with Crippen molar-refractivity contribution in [3.8, 4) is 11.1 Å². The van der Waals surface area contributed by atoms with Crippen LogP contribution >= 0.6 is 15.9 Å². The van der Waals surface area contributed by atoms with Crippen molar-refractivity contribution in [1.82, 2.24) is 5.32 Å². The van der Waals surface area contributed by atoms with Gasteiger partial charge in [0.05, 0.1) is 0 Å². The fraction of sp³-hybridized carbons (Fsp3) is 0.250. The summed E-state index contributed by atoms with van der Waals surface area (Å²) in [4.78, 5) is 0. The first kappa shape index (κ1) is 14.2. The number of halogens is 2. The molecule has 0 spiro atoms. The first-order valence-corrected chi connectivity index (χ1v) is 7.25. The van der Waals surface area contributed by atoms with Crippen LogP contribution in [0.25, 0.3) is 11.1 Å². The number of hydrogen-bond acceptors (Lipinski definition) is 1. The van der Waals surface area contributed by atoms with Gasteiger partial charge >= 0.3 is 0 Å². The van der Waals surface area contributed by atoms with Crippen molar-refractivity contribution in [2.24, 2.45) is 0 Å². The fourth-order valence-corrected chi connectivity index (χ4v) is 2.47. The van der Waals surface area contributed by atoms with E-state index in [4.69, 9.17) is 0 Å². The van der Waals surface area contributed by atoms with E-state index in [0.29, 0.717) is 12.1 Å². The van der Waals surface area contributed by atoms with Crippen LogP contribution in [0.15, 0.2) is 46.9 Å². The molecular formula is C16H17BrFN. The van der Waals surface area contributed by atoms with Crippen molar-refractivity contribution in [2.45, 2.75) is 19.9 Å². The lowest BCUT2D eigenvalue weighted by Crippen LogP contribution is -2.14. The zero-order valence-electron chi connectivity index (χ0n) is 10.9. The lowest BCUT2D eigenvalue weighted by molar-refractivity contribution is 0.587. The van der Waals surface area contributed by atoms with Crippen LogP contribution in [0.3, 0.4) is 0 Å². The van der Waals surface area contributed by atoms with E-state index >= 15 is 0 Å². The van der Waals surface area contributed by atoms with Gasteiger partial charge in [0.1, 0.15) is 5.82 Å². The molecule has 1 nitrogen and oxygen atoms in total. The van der Waals surface area contributed by atoms with Gasteiger partial charge in [-0.15, -0.1) is 0 Å². The molecule has 19 heavy (non-hydrogen) atoms. The van der Waals surface area contributed by atoms with Crippen LogP contribution in [-0.2, 0) is 6.54 Å². The molecule has 0 bridgehead atoms. The highest BCUT2D eigenvalue weighted by atomic mass is 79.9. The minimum Gasteiger partial charge on any atom is -0.313 e. The third-order valence-corrected chi connectivity index (χ3v) is 3.67. The van der Waals surface area contributed by atoms with Crippen molar-refractivity contribution >= 4 is 15.9 Å². The third-order valence-electron chi connectivity index (χ3n) is 2.98. The molecule has 0 amide bonds. The summed E-state index contributed by atoms with van der Waals surface area (Å²) in [6.07, 6.45) is 1.05. The normalized spacial score (nSPS) is 10.7. The van der Waals surface area contributed by atoms with E-state index in [1.807, 2.05) is 36.4 Å². The highest BCUT2D eigenvalue weighted by molar-refractivity contribution is 9.10. The molecule has 0 fully saturated rings. The summed E-state index contributed by atoms with van der Waals surface area (Å²) >= 11 is 3.49. The van der Waals surface area contributed by atoms with Gasteiger partial charge in [0.15, 0.2) is 0 Å². The van der Waals surface area contributed by atoms with Gasteiger partial charge in [-0.25, -0.2) is 4.39 Å². The molecule has 1 N–H and O–H groups in total. The Kier molecular flexibility index (Phi) is 5.11. The zero-order chi connectivity index (χ0) is 13.7. The standard InChI is InChI=1S/C16H17BrFN/c1-2-9-19-11-13-8-7-12(10-16(13)18)14-5-3-4-6-15(14)17/h3-8,10,19H,2,9,11H2,1H3. The summed E-state index contributed by atoms with van der Waals surface area (Å²) < 4.78 is 15.0. The van der Waals surface area contributed by atoms with Gasteiger partial charge in [-0.1, -0.05) is 53.2 Å². The van der Waals surface area contributed by atoms with Crippen LogP contribution in [0.4, 0.5) is 4.39 Å². The van der Waals surface area contributed by atoms with E-state index in [9.17, 15) is 4.39 Å². The molecule has 2 aromatic carbocycles. The molecule has 0 atom stereocenters. The molecule has 0 saturated heterocycles. The van der Waals surface area contributed by atoms with Crippen molar-refractivity contribution in [3.05, 3.63) is 58.3 Å². The molecule has 3 heteroatoms. The quantitative estimate of drug-likeness (QED) is 0.783. The number of nitrogens with one attached hydrogen (secondary N) is 1. The molecule has 0 heterocycles. The highest BCUT2D eigenvalue weighted by Crippen LogP contribution is 2.28. The van der Waals surface area contributed by atoms with Gasteiger partial charge in [0, 0.05) is 16.6 Å². The summed E-state index contributed by atoms with van der Waals surface area (Å²) in [5.74, 6) is -0.156. The molecule has 0 aliphatic rings.